The molecule has 3 heterocycles. The highest BCUT2D eigenvalue weighted by atomic mass is 16.5. The highest BCUT2D eigenvalue weighted by Crippen LogP contribution is 2.36. The number of likely N-dealkylation sites (tertiary alicyclic amines) is 1. The van der Waals surface area contributed by atoms with E-state index in [1.54, 1.807) is 31.2 Å². The lowest BCUT2D eigenvalue weighted by molar-refractivity contribution is -0.134. The molecule has 0 saturated carbocycles. The number of likely N-dealkylation sites (N-methyl/N-ethyl adjacent to an activating group) is 2. The van der Waals surface area contributed by atoms with Crippen LogP contribution in [0.3, 0.4) is 0 Å². The molecule has 29 heavy (non-hydrogen) atoms. The number of carbonyl (C=O) groups excluding carboxylic acids is 3. The number of ether oxygens (including phenoxy) is 1. The SMILES string of the molecule is COc1ccc(-c2ccc(C(=O)N3CCC4(CC3)C(=O)N(C)C(=O)N4C)o2)cc1. The Hall–Kier alpha value is -3.29. The Bertz CT molecular complexity index is 957. The quantitative estimate of drug-likeness (QED) is 0.743. The molecular formula is C21H23N3O5. The van der Waals surface area contributed by atoms with E-state index in [2.05, 4.69) is 0 Å². The van der Waals surface area contributed by atoms with Gasteiger partial charge in [-0.25, -0.2) is 4.79 Å². The molecule has 1 aromatic heterocycles. The monoisotopic (exact) mass is 397 g/mol. The molecule has 0 bridgehead atoms. The van der Waals surface area contributed by atoms with E-state index >= 15 is 0 Å². The number of imide groups is 1. The first-order valence-corrected chi connectivity index (χ1v) is 9.47. The van der Waals surface area contributed by atoms with Gasteiger partial charge < -0.3 is 19.0 Å². The number of nitrogens with zero attached hydrogens (tertiary/aromatic N) is 3. The fourth-order valence-electron chi connectivity index (χ4n) is 4.10. The minimum atomic E-state index is -0.847. The van der Waals surface area contributed by atoms with Crippen molar-refractivity contribution in [1.82, 2.24) is 14.7 Å². The van der Waals surface area contributed by atoms with Gasteiger partial charge in [-0.15, -0.1) is 0 Å². The zero-order valence-electron chi connectivity index (χ0n) is 16.7. The van der Waals surface area contributed by atoms with Gasteiger partial charge in [0.1, 0.15) is 17.0 Å². The van der Waals surface area contributed by atoms with Gasteiger partial charge in [0.15, 0.2) is 5.76 Å². The van der Waals surface area contributed by atoms with E-state index in [0.29, 0.717) is 31.7 Å². The Labute approximate surface area is 168 Å². The average Bonchev–Trinajstić information content (AvgIpc) is 3.31. The average molecular weight is 397 g/mol. The summed E-state index contributed by atoms with van der Waals surface area (Å²) in [6, 6.07) is 10.5. The van der Waals surface area contributed by atoms with Gasteiger partial charge in [-0.3, -0.25) is 14.5 Å². The van der Waals surface area contributed by atoms with Gasteiger partial charge in [0, 0.05) is 32.7 Å². The van der Waals surface area contributed by atoms with Crippen LogP contribution in [0.4, 0.5) is 4.79 Å². The lowest BCUT2D eigenvalue weighted by Crippen LogP contribution is -2.56. The number of carbonyl (C=O) groups is 3. The lowest BCUT2D eigenvalue weighted by atomic mass is 9.86. The van der Waals surface area contributed by atoms with Crippen molar-refractivity contribution in [3.05, 3.63) is 42.2 Å². The third-order valence-corrected chi connectivity index (χ3v) is 5.99. The molecule has 8 heteroatoms. The Morgan fingerprint density at radius 2 is 1.69 bits per heavy atom. The molecule has 4 rings (SSSR count). The van der Waals surface area contributed by atoms with Crippen molar-refractivity contribution < 1.29 is 23.5 Å². The Balaban J connectivity index is 1.46. The molecule has 0 N–H and O–H groups in total. The zero-order valence-corrected chi connectivity index (χ0v) is 16.7. The van der Waals surface area contributed by atoms with E-state index in [9.17, 15) is 14.4 Å². The van der Waals surface area contributed by atoms with Gasteiger partial charge in [-0.1, -0.05) is 0 Å². The molecule has 2 aliphatic heterocycles. The number of rotatable bonds is 3. The third-order valence-electron chi connectivity index (χ3n) is 5.99. The summed E-state index contributed by atoms with van der Waals surface area (Å²) in [6.07, 6.45) is 0.826. The topological polar surface area (TPSA) is 83.3 Å². The van der Waals surface area contributed by atoms with Crippen molar-refractivity contribution in [2.24, 2.45) is 0 Å². The number of piperidine rings is 1. The number of hydrogen-bond acceptors (Lipinski definition) is 5. The largest absolute Gasteiger partial charge is 0.497 e. The van der Waals surface area contributed by atoms with Gasteiger partial charge in [-0.05, 0) is 49.2 Å². The number of furan rings is 1. The van der Waals surface area contributed by atoms with E-state index in [1.807, 2.05) is 24.3 Å². The van der Waals surface area contributed by atoms with Crippen LogP contribution in [-0.4, -0.2) is 72.4 Å². The maximum Gasteiger partial charge on any atom is 0.327 e. The minimum absolute atomic E-state index is 0.197. The molecule has 2 aromatic rings. The molecule has 0 aliphatic carbocycles. The smallest absolute Gasteiger partial charge is 0.327 e. The summed E-state index contributed by atoms with van der Waals surface area (Å²) in [6.45, 7) is 0.767. The molecule has 152 valence electrons. The van der Waals surface area contributed by atoms with Crippen LogP contribution in [0.1, 0.15) is 23.4 Å². The van der Waals surface area contributed by atoms with Crippen molar-refractivity contribution in [2.45, 2.75) is 18.4 Å². The van der Waals surface area contributed by atoms with Gasteiger partial charge in [-0.2, -0.15) is 0 Å². The molecule has 0 unspecified atom stereocenters. The van der Waals surface area contributed by atoms with E-state index in [-0.39, 0.29) is 23.6 Å². The molecule has 2 saturated heterocycles. The van der Waals surface area contributed by atoms with Crippen molar-refractivity contribution in [2.75, 3.05) is 34.3 Å². The molecule has 2 aliphatic rings. The van der Waals surface area contributed by atoms with Crippen molar-refractivity contribution >= 4 is 17.8 Å². The number of urea groups is 1. The Morgan fingerprint density at radius 3 is 2.24 bits per heavy atom. The summed E-state index contributed by atoms with van der Waals surface area (Å²) in [4.78, 5) is 41.9. The molecular weight excluding hydrogens is 374 g/mol. The van der Waals surface area contributed by atoms with Crippen LogP contribution in [0.15, 0.2) is 40.8 Å². The van der Waals surface area contributed by atoms with Crippen LogP contribution in [0, 0.1) is 0 Å². The van der Waals surface area contributed by atoms with Gasteiger partial charge in [0.05, 0.1) is 7.11 Å². The maximum absolute atomic E-state index is 12.9. The second kappa shape index (κ2) is 6.95. The lowest BCUT2D eigenvalue weighted by Gasteiger charge is -2.40. The highest BCUT2D eigenvalue weighted by molar-refractivity contribution is 6.06. The van der Waals surface area contributed by atoms with Gasteiger partial charge in [0.25, 0.3) is 11.8 Å². The Kier molecular flexibility index (Phi) is 4.56. The van der Waals surface area contributed by atoms with E-state index in [1.165, 1.54) is 11.9 Å². The normalized spacial score (nSPS) is 18.7. The minimum Gasteiger partial charge on any atom is -0.497 e. The number of amides is 4. The van der Waals surface area contributed by atoms with E-state index in [4.69, 9.17) is 9.15 Å². The van der Waals surface area contributed by atoms with Crippen molar-refractivity contribution in [1.29, 1.82) is 0 Å². The van der Waals surface area contributed by atoms with Crippen molar-refractivity contribution in [3.63, 3.8) is 0 Å². The first kappa shape index (κ1) is 19.0. The molecule has 4 amide bonds. The summed E-state index contributed by atoms with van der Waals surface area (Å²) < 4.78 is 10.9. The zero-order chi connectivity index (χ0) is 20.8. The third kappa shape index (κ3) is 2.95. The van der Waals surface area contributed by atoms with Crippen LogP contribution in [0.2, 0.25) is 0 Å². The molecule has 1 spiro atoms. The predicted octanol–water partition coefficient (Wildman–Crippen LogP) is 2.45. The van der Waals surface area contributed by atoms with Crippen LogP contribution < -0.4 is 4.74 Å². The summed E-state index contributed by atoms with van der Waals surface area (Å²) >= 11 is 0. The van der Waals surface area contributed by atoms with Gasteiger partial charge >= 0.3 is 6.03 Å². The number of methoxy groups -OCH3 is 1. The Morgan fingerprint density at radius 1 is 1.03 bits per heavy atom. The van der Waals surface area contributed by atoms with Gasteiger partial charge in [0.2, 0.25) is 0 Å². The highest BCUT2D eigenvalue weighted by Gasteiger charge is 2.55. The first-order chi connectivity index (χ1) is 13.9. The molecule has 2 fully saturated rings. The summed E-state index contributed by atoms with van der Waals surface area (Å²) in [5.41, 5.74) is 0.00204. The maximum atomic E-state index is 12.9. The standard InChI is InChI=1S/C21H23N3O5/c1-22-19(26)21(23(2)20(22)27)10-12-24(13-11-21)18(25)17-9-8-16(29-17)14-4-6-15(28-3)7-5-14/h4-9H,10-13H2,1-3H3. The number of hydrogen-bond donors (Lipinski definition) is 0. The second-order valence-electron chi connectivity index (χ2n) is 7.42. The van der Waals surface area contributed by atoms with Crippen LogP contribution in [0.5, 0.6) is 5.75 Å². The fourth-order valence-corrected chi connectivity index (χ4v) is 4.10. The number of benzene rings is 1. The van der Waals surface area contributed by atoms with Crippen LogP contribution in [0.25, 0.3) is 11.3 Å². The first-order valence-electron chi connectivity index (χ1n) is 9.47. The molecule has 0 atom stereocenters. The summed E-state index contributed by atoms with van der Waals surface area (Å²) in [7, 11) is 4.75. The second-order valence-corrected chi connectivity index (χ2v) is 7.42. The van der Waals surface area contributed by atoms with Crippen molar-refractivity contribution in [3.8, 4) is 17.1 Å². The van der Waals surface area contributed by atoms with Crippen LogP contribution in [-0.2, 0) is 4.79 Å². The molecule has 8 nitrogen and oxygen atoms in total. The van der Waals surface area contributed by atoms with E-state index in [0.717, 1.165) is 16.2 Å². The van der Waals surface area contributed by atoms with Crippen LogP contribution >= 0.6 is 0 Å². The fraction of sp³-hybridized carbons (Fsp3) is 0.381. The molecule has 1 aromatic carbocycles. The van der Waals surface area contributed by atoms with E-state index < -0.39 is 5.54 Å². The molecule has 0 radical (unpaired) electrons. The summed E-state index contributed by atoms with van der Waals surface area (Å²) in [5, 5.41) is 0. The summed E-state index contributed by atoms with van der Waals surface area (Å²) in [5.74, 6) is 1.19. The predicted molar refractivity (Wildman–Crippen MR) is 104 cm³/mol.